The van der Waals surface area contributed by atoms with Crippen LogP contribution in [0.4, 0.5) is 5.69 Å². The number of ether oxygens (including phenoxy) is 1. The monoisotopic (exact) mass is 413 g/mol. The second kappa shape index (κ2) is 7.99. The highest BCUT2D eigenvalue weighted by Crippen LogP contribution is 2.29. The first kappa shape index (κ1) is 20.2. The number of rotatable bonds is 4. The second-order valence-corrected chi connectivity index (χ2v) is 7.37. The molecule has 1 aliphatic rings. The Labute approximate surface area is 178 Å². The molecule has 31 heavy (non-hydrogen) atoms. The SMILES string of the molecule is Cc1ccc(C(=O)O[C@@H](C)C(=O)Nc2ccc3c(c2)C(=O)c2ccccc2C3=O)cc1. The molecule has 1 amide bonds. The van der Waals surface area contributed by atoms with Crippen LogP contribution in [0.15, 0.2) is 66.7 Å². The van der Waals surface area contributed by atoms with Crippen molar-refractivity contribution < 1.29 is 23.9 Å². The molecule has 6 heteroatoms. The minimum absolute atomic E-state index is 0.228. The molecular weight excluding hydrogens is 394 g/mol. The van der Waals surface area contributed by atoms with Crippen LogP contribution in [0.5, 0.6) is 0 Å². The van der Waals surface area contributed by atoms with Gasteiger partial charge in [-0.1, -0.05) is 42.0 Å². The molecule has 3 aromatic rings. The molecule has 1 N–H and O–H groups in total. The lowest BCUT2D eigenvalue weighted by atomic mass is 9.84. The molecule has 0 saturated heterocycles. The summed E-state index contributed by atoms with van der Waals surface area (Å²) in [5.74, 6) is -1.66. The topological polar surface area (TPSA) is 89.5 Å². The van der Waals surface area contributed by atoms with Gasteiger partial charge in [0.1, 0.15) is 0 Å². The van der Waals surface area contributed by atoms with Crippen molar-refractivity contribution in [2.75, 3.05) is 5.32 Å². The van der Waals surface area contributed by atoms with E-state index in [1.54, 1.807) is 54.6 Å². The van der Waals surface area contributed by atoms with Gasteiger partial charge in [0.25, 0.3) is 5.91 Å². The standard InChI is InChI=1S/C25H19NO5/c1-14-7-9-16(10-8-14)25(30)31-15(2)24(29)26-17-11-12-20-21(13-17)23(28)19-6-4-3-5-18(19)22(20)27/h3-13,15H,1-2H3,(H,26,29)/t15-/m0/s1. The highest BCUT2D eigenvalue weighted by molar-refractivity contribution is 6.28. The van der Waals surface area contributed by atoms with Gasteiger partial charge in [-0.3, -0.25) is 14.4 Å². The Morgan fingerprint density at radius 1 is 0.806 bits per heavy atom. The highest BCUT2D eigenvalue weighted by Gasteiger charge is 2.29. The number of aryl methyl sites for hydroxylation is 1. The van der Waals surface area contributed by atoms with Crippen LogP contribution in [0.3, 0.4) is 0 Å². The Hall–Kier alpha value is -4.06. The molecular formula is C25H19NO5. The van der Waals surface area contributed by atoms with Crippen LogP contribution in [0.25, 0.3) is 0 Å². The first-order valence-corrected chi connectivity index (χ1v) is 9.76. The average Bonchev–Trinajstić information content (AvgIpc) is 2.77. The van der Waals surface area contributed by atoms with E-state index in [2.05, 4.69) is 5.32 Å². The van der Waals surface area contributed by atoms with Crippen molar-refractivity contribution in [2.24, 2.45) is 0 Å². The zero-order valence-corrected chi connectivity index (χ0v) is 17.0. The van der Waals surface area contributed by atoms with Gasteiger partial charge in [-0.25, -0.2) is 4.79 Å². The van der Waals surface area contributed by atoms with Crippen LogP contribution in [0.2, 0.25) is 0 Å². The third-order valence-corrected chi connectivity index (χ3v) is 5.13. The lowest BCUT2D eigenvalue weighted by Gasteiger charge is -2.19. The van der Waals surface area contributed by atoms with Crippen LogP contribution >= 0.6 is 0 Å². The molecule has 0 fully saturated rings. The Morgan fingerprint density at radius 3 is 2.03 bits per heavy atom. The number of carbonyl (C=O) groups excluding carboxylic acids is 4. The number of hydrogen-bond acceptors (Lipinski definition) is 5. The van der Waals surface area contributed by atoms with Crippen molar-refractivity contribution in [1.29, 1.82) is 0 Å². The maximum absolute atomic E-state index is 12.8. The molecule has 154 valence electrons. The smallest absolute Gasteiger partial charge is 0.338 e. The summed E-state index contributed by atoms with van der Waals surface area (Å²) >= 11 is 0. The third-order valence-electron chi connectivity index (χ3n) is 5.13. The van der Waals surface area contributed by atoms with Gasteiger partial charge in [-0.2, -0.15) is 0 Å². The maximum Gasteiger partial charge on any atom is 0.338 e. The van der Waals surface area contributed by atoms with Gasteiger partial charge in [-0.15, -0.1) is 0 Å². The van der Waals surface area contributed by atoms with Gasteiger partial charge in [0.15, 0.2) is 17.7 Å². The van der Waals surface area contributed by atoms with Crippen LogP contribution in [-0.2, 0) is 9.53 Å². The van der Waals surface area contributed by atoms with Crippen molar-refractivity contribution in [3.8, 4) is 0 Å². The van der Waals surface area contributed by atoms with Crippen molar-refractivity contribution >= 4 is 29.1 Å². The van der Waals surface area contributed by atoms with E-state index in [9.17, 15) is 19.2 Å². The minimum Gasteiger partial charge on any atom is -0.449 e. The van der Waals surface area contributed by atoms with Gasteiger partial charge in [0.05, 0.1) is 5.56 Å². The molecule has 0 spiro atoms. The van der Waals surface area contributed by atoms with Crippen LogP contribution < -0.4 is 5.32 Å². The van der Waals surface area contributed by atoms with Crippen LogP contribution in [0, 0.1) is 6.92 Å². The molecule has 4 rings (SSSR count). The van der Waals surface area contributed by atoms with Crippen molar-refractivity contribution in [3.63, 3.8) is 0 Å². The number of esters is 1. The van der Waals surface area contributed by atoms with Crippen LogP contribution in [0.1, 0.15) is 54.7 Å². The number of amides is 1. The normalized spacial score (nSPS) is 13.1. The lowest BCUT2D eigenvalue weighted by Crippen LogP contribution is -2.30. The van der Waals surface area contributed by atoms with E-state index in [-0.39, 0.29) is 17.1 Å². The number of ketones is 2. The van der Waals surface area contributed by atoms with E-state index >= 15 is 0 Å². The Kier molecular flexibility index (Phi) is 5.21. The molecule has 1 aliphatic carbocycles. The Balaban J connectivity index is 1.49. The molecule has 0 bridgehead atoms. The predicted octanol–water partition coefficient (Wildman–Crippen LogP) is 3.95. The summed E-state index contributed by atoms with van der Waals surface area (Å²) in [6.45, 7) is 3.37. The molecule has 0 unspecified atom stereocenters. The number of benzene rings is 3. The number of nitrogens with one attached hydrogen (secondary N) is 1. The van der Waals surface area contributed by atoms with Gasteiger partial charge in [-0.05, 0) is 44.2 Å². The van der Waals surface area contributed by atoms with E-state index in [1.165, 1.54) is 19.1 Å². The van der Waals surface area contributed by atoms with E-state index in [4.69, 9.17) is 4.74 Å². The van der Waals surface area contributed by atoms with Gasteiger partial charge >= 0.3 is 5.97 Å². The first-order valence-electron chi connectivity index (χ1n) is 9.76. The van der Waals surface area contributed by atoms with Gasteiger partial charge in [0.2, 0.25) is 0 Å². The van der Waals surface area contributed by atoms with Crippen molar-refractivity contribution in [3.05, 3.63) is 100 Å². The van der Waals surface area contributed by atoms with E-state index < -0.39 is 18.0 Å². The number of hydrogen-bond donors (Lipinski definition) is 1. The zero-order chi connectivity index (χ0) is 22.1. The van der Waals surface area contributed by atoms with Gasteiger partial charge in [0, 0.05) is 27.9 Å². The van der Waals surface area contributed by atoms with Crippen molar-refractivity contribution in [2.45, 2.75) is 20.0 Å². The molecule has 0 heterocycles. The molecule has 0 radical (unpaired) electrons. The summed E-state index contributed by atoms with van der Waals surface area (Å²) in [4.78, 5) is 50.2. The highest BCUT2D eigenvalue weighted by atomic mass is 16.5. The quantitative estimate of drug-likeness (QED) is 0.512. The fourth-order valence-corrected chi connectivity index (χ4v) is 3.39. The third kappa shape index (κ3) is 3.88. The Bertz CT molecular complexity index is 1230. The first-order chi connectivity index (χ1) is 14.8. The summed E-state index contributed by atoms with van der Waals surface area (Å²) in [5, 5.41) is 2.64. The van der Waals surface area contributed by atoms with E-state index in [0.29, 0.717) is 27.9 Å². The molecule has 1 atom stereocenters. The summed E-state index contributed by atoms with van der Waals surface area (Å²) in [6, 6.07) is 18.0. The molecule has 0 aliphatic heterocycles. The van der Waals surface area contributed by atoms with E-state index in [1.807, 2.05) is 6.92 Å². The molecule has 3 aromatic carbocycles. The molecule has 6 nitrogen and oxygen atoms in total. The predicted molar refractivity (Wildman–Crippen MR) is 114 cm³/mol. The fraction of sp³-hybridized carbons (Fsp3) is 0.120. The summed E-state index contributed by atoms with van der Waals surface area (Å²) in [7, 11) is 0. The molecule has 0 saturated carbocycles. The number of anilines is 1. The van der Waals surface area contributed by atoms with E-state index in [0.717, 1.165) is 5.56 Å². The second-order valence-electron chi connectivity index (χ2n) is 7.37. The Morgan fingerprint density at radius 2 is 1.39 bits per heavy atom. The summed E-state index contributed by atoms with van der Waals surface area (Å²) in [5.41, 5.74) is 2.92. The number of fused-ring (bicyclic) bond motifs is 2. The van der Waals surface area contributed by atoms with Crippen molar-refractivity contribution in [1.82, 2.24) is 0 Å². The summed E-state index contributed by atoms with van der Waals surface area (Å²) < 4.78 is 5.24. The average molecular weight is 413 g/mol. The minimum atomic E-state index is -1.05. The fourth-order valence-electron chi connectivity index (χ4n) is 3.39. The summed E-state index contributed by atoms with van der Waals surface area (Å²) in [6.07, 6.45) is -1.05. The zero-order valence-electron chi connectivity index (χ0n) is 17.0. The number of carbonyl (C=O) groups is 4. The molecule has 0 aromatic heterocycles. The van der Waals surface area contributed by atoms with Crippen LogP contribution in [-0.4, -0.2) is 29.5 Å². The largest absolute Gasteiger partial charge is 0.449 e. The maximum atomic E-state index is 12.8. The lowest BCUT2D eigenvalue weighted by molar-refractivity contribution is -0.123. The van der Waals surface area contributed by atoms with Gasteiger partial charge < -0.3 is 10.1 Å².